The number of aromatic nitrogens is 1. The lowest BCUT2D eigenvalue weighted by atomic mass is 9.91. The molecule has 0 aliphatic rings. The fourth-order valence-corrected chi connectivity index (χ4v) is 3.15. The van der Waals surface area contributed by atoms with Crippen LogP contribution >= 0.6 is 11.6 Å². The number of carbonyl (C=O) groups excluding carboxylic acids is 1. The zero-order chi connectivity index (χ0) is 21.0. The van der Waals surface area contributed by atoms with Crippen molar-refractivity contribution in [1.82, 2.24) is 5.16 Å². The van der Waals surface area contributed by atoms with E-state index in [-0.39, 0.29) is 29.8 Å². The van der Waals surface area contributed by atoms with E-state index in [2.05, 4.69) is 5.16 Å². The van der Waals surface area contributed by atoms with E-state index in [1.807, 2.05) is 0 Å². The largest absolute Gasteiger partial charge is 0.489 e. The number of hydrogen-bond acceptors (Lipinski definition) is 4. The van der Waals surface area contributed by atoms with Crippen molar-refractivity contribution in [2.75, 3.05) is 0 Å². The molecule has 8 heteroatoms. The first-order chi connectivity index (χ1) is 13.7. The molecule has 0 radical (unpaired) electrons. The summed E-state index contributed by atoms with van der Waals surface area (Å²) in [5, 5.41) is 3.57. The molecule has 0 saturated carbocycles. The highest BCUT2D eigenvalue weighted by Gasteiger charge is 2.33. The molecule has 0 fully saturated rings. The van der Waals surface area contributed by atoms with Crippen LogP contribution in [0.15, 0.2) is 59.3 Å². The number of ether oxygens (including phenoxy) is 1. The van der Waals surface area contributed by atoms with Gasteiger partial charge in [-0.05, 0) is 42.3 Å². The summed E-state index contributed by atoms with van der Waals surface area (Å²) in [4.78, 5) is 11.6. The third kappa shape index (κ3) is 5.38. The molecule has 2 aromatic carbocycles. The second-order valence-electron chi connectivity index (χ2n) is 6.55. The molecule has 1 aromatic heterocycles. The monoisotopic (exact) mass is 423 g/mol. The van der Waals surface area contributed by atoms with Gasteiger partial charge < -0.3 is 9.26 Å². The maximum atomic E-state index is 13.0. The third-order valence-corrected chi connectivity index (χ3v) is 4.66. The number of alkyl halides is 3. The number of rotatable bonds is 7. The zero-order valence-electron chi connectivity index (χ0n) is 15.4. The first-order valence-corrected chi connectivity index (χ1v) is 9.10. The molecule has 29 heavy (non-hydrogen) atoms. The minimum Gasteiger partial charge on any atom is -0.489 e. The number of Topliss-reactive ketones (excluding diaryl/α,β-unsaturated/α-hetero) is 1. The van der Waals surface area contributed by atoms with Crippen molar-refractivity contribution in [3.63, 3.8) is 0 Å². The summed E-state index contributed by atoms with van der Waals surface area (Å²) in [5.41, 5.74) is 0.958. The Morgan fingerprint density at radius 1 is 1.17 bits per heavy atom. The van der Waals surface area contributed by atoms with Gasteiger partial charge in [-0.25, -0.2) is 0 Å². The Hall–Kier alpha value is -2.80. The van der Waals surface area contributed by atoms with Gasteiger partial charge in [0.1, 0.15) is 24.4 Å². The van der Waals surface area contributed by atoms with Gasteiger partial charge >= 0.3 is 6.18 Å². The molecule has 152 valence electrons. The van der Waals surface area contributed by atoms with E-state index in [4.69, 9.17) is 20.9 Å². The molecule has 0 amide bonds. The van der Waals surface area contributed by atoms with Crippen molar-refractivity contribution in [2.45, 2.75) is 32.0 Å². The molecule has 0 N–H and O–H groups in total. The van der Waals surface area contributed by atoms with Crippen molar-refractivity contribution >= 4 is 17.4 Å². The molecule has 1 heterocycles. The standard InChI is InChI=1S/C21H17ClF3NO3/c1-13(27)10-17(20-8-9-29-26-20)15-3-5-16(6-4-15)28-12-14-2-7-19(22)18(11-14)21(23,24)25/h2-9,11,17H,10,12H2,1H3/t17-/m0/s1. The van der Waals surface area contributed by atoms with Crippen LogP contribution in [0.2, 0.25) is 5.02 Å². The highest BCUT2D eigenvalue weighted by molar-refractivity contribution is 6.31. The van der Waals surface area contributed by atoms with Gasteiger partial charge in [-0.1, -0.05) is 35.0 Å². The van der Waals surface area contributed by atoms with E-state index in [9.17, 15) is 18.0 Å². The number of hydrogen-bond donors (Lipinski definition) is 0. The summed E-state index contributed by atoms with van der Waals surface area (Å²) >= 11 is 5.63. The average Bonchev–Trinajstić information content (AvgIpc) is 3.19. The van der Waals surface area contributed by atoms with Gasteiger partial charge in [-0.3, -0.25) is 4.79 Å². The van der Waals surface area contributed by atoms with E-state index in [1.54, 1.807) is 30.3 Å². The van der Waals surface area contributed by atoms with E-state index in [0.717, 1.165) is 11.6 Å². The first-order valence-electron chi connectivity index (χ1n) is 8.72. The van der Waals surface area contributed by atoms with Crippen molar-refractivity contribution in [3.05, 3.63) is 82.2 Å². The molecule has 0 unspecified atom stereocenters. The Morgan fingerprint density at radius 2 is 1.90 bits per heavy atom. The zero-order valence-corrected chi connectivity index (χ0v) is 16.1. The molecule has 0 aliphatic heterocycles. The van der Waals surface area contributed by atoms with Gasteiger partial charge in [0.2, 0.25) is 0 Å². The highest BCUT2D eigenvalue weighted by Crippen LogP contribution is 2.35. The molecule has 1 atom stereocenters. The Morgan fingerprint density at radius 3 is 2.48 bits per heavy atom. The molecule has 0 bridgehead atoms. The molecule has 3 aromatic rings. The third-order valence-electron chi connectivity index (χ3n) is 4.33. The van der Waals surface area contributed by atoms with Crippen molar-refractivity contribution in [1.29, 1.82) is 0 Å². The van der Waals surface area contributed by atoms with Gasteiger partial charge in [0.05, 0.1) is 16.3 Å². The van der Waals surface area contributed by atoms with Gasteiger partial charge in [0, 0.05) is 18.4 Å². The lowest BCUT2D eigenvalue weighted by molar-refractivity contribution is -0.137. The van der Waals surface area contributed by atoms with Crippen LogP contribution in [0.4, 0.5) is 13.2 Å². The molecular formula is C21H17ClF3NO3. The second kappa shape index (κ2) is 8.69. The highest BCUT2D eigenvalue weighted by atomic mass is 35.5. The van der Waals surface area contributed by atoms with E-state index in [1.165, 1.54) is 25.3 Å². The number of ketones is 1. The van der Waals surface area contributed by atoms with Crippen LogP contribution in [-0.2, 0) is 17.6 Å². The molecular weight excluding hydrogens is 407 g/mol. The molecule has 0 spiro atoms. The van der Waals surface area contributed by atoms with E-state index in [0.29, 0.717) is 17.0 Å². The molecule has 3 rings (SSSR count). The lowest BCUT2D eigenvalue weighted by Gasteiger charge is -2.14. The predicted molar refractivity (Wildman–Crippen MR) is 101 cm³/mol. The fraction of sp³-hybridized carbons (Fsp3) is 0.238. The maximum Gasteiger partial charge on any atom is 0.417 e. The minimum absolute atomic E-state index is 0.0153. The van der Waals surface area contributed by atoms with Crippen LogP contribution in [0, 0.1) is 0 Å². The van der Waals surface area contributed by atoms with Gasteiger partial charge in [0.25, 0.3) is 0 Å². The topological polar surface area (TPSA) is 52.3 Å². The quantitative estimate of drug-likeness (QED) is 0.465. The minimum atomic E-state index is -4.53. The van der Waals surface area contributed by atoms with Crippen LogP contribution in [0.3, 0.4) is 0 Å². The Bertz CT molecular complexity index is 970. The van der Waals surface area contributed by atoms with Gasteiger partial charge in [0.15, 0.2) is 0 Å². The summed E-state index contributed by atoms with van der Waals surface area (Å²) in [5.74, 6) is 0.256. The van der Waals surface area contributed by atoms with Crippen LogP contribution < -0.4 is 4.74 Å². The Labute approximate surface area is 170 Å². The van der Waals surface area contributed by atoms with Crippen LogP contribution in [0.5, 0.6) is 5.75 Å². The average molecular weight is 424 g/mol. The summed E-state index contributed by atoms with van der Waals surface area (Å²) in [6.07, 6.45) is -2.80. The Kier molecular flexibility index (Phi) is 6.27. The lowest BCUT2D eigenvalue weighted by Crippen LogP contribution is -2.08. The van der Waals surface area contributed by atoms with Gasteiger partial charge in [-0.2, -0.15) is 13.2 Å². The second-order valence-corrected chi connectivity index (χ2v) is 6.96. The number of nitrogens with zero attached hydrogens (tertiary/aromatic N) is 1. The normalized spacial score (nSPS) is 12.6. The number of carbonyl (C=O) groups is 1. The first kappa shape index (κ1) is 20.9. The van der Waals surface area contributed by atoms with Crippen LogP contribution in [0.1, 0.15) is 41.6 Å². The van der Waals surface area contributed by atoms with Crippen molar-refractivity contribution in [2.24, 2.45) is 0 Å². The smallest absolute Gasteiger partial charge is 0.417 e. The van der Waals surface area contributed by atoms with Crippen LogP contribution in [0.25, 0.3) is 0 Å². The van der Waals surface area contributed by atoms with Crippen molar-refractivity contribution in [3.8, 4) is 5.75 Å². The summed E-state index contributed by atoms with van der Waals surface area (Å²) in [6.45, 7) is 1.46. The maximum absolute atomic E-state index is 13.0. The molecule has 4 nitrogen and oxygen atoms in total. The predicted octanol–water partition coefficient (Wildman–Crippen LogP) is 6.04. The number of halogens is 4. The SMILES string of the molecule is CC(=O)C[C@@H](c1ccc(OCc2ccc(Cl)c(C(F)(F)F)c2)cc1)c1ccon1. The van der Waals surface area contributed by atoms with E-state index >= 15 is 0 Å². The summed E-state index contributed by atoms with van der Waals surface area (Å²) < 4.78 is 49.3. The summed E-state index contributed by atoms with van der Waals surface area (Å²) in [6, 6.07) is 12.4. The van der Waals surface area contributed by atoms with Crippen LogP contribution in [-0.4, -0.2) is 10.9 Å². The molecule has 0 saturated heterocycles. The molecule has 0 aliphatic carbocycles. The van der Waals surface area contributed by atoms with E-state index < -0.39 is 11.7 Å². The van der Waals surface area contributed by atoms with Crippen molar-refractivity contribution < 1.29 is 27.2 Å². The van der Waals surface area contributed by atoms with Gasteiger partial charge in [-0.15, -0.1) is 0 Å². The summed E-state index contributed by atoms with van der Waals surface area (Å²) in [7, 11) is 0. The Balaban J connectivity index is 1.72. The fourth-order valence-electron chi connectivity index (χ4n) is 2.92. The number of benzene rings is 2.